The Morgan fingerprint density at radius 3 is 2.50 bits per heavy atom. The predicted octanol–water partition coefficient (Wildman–Crippen LogP) is 1.01. The molecule has 0 radical (unpaired) electrons. The van der Waals surface area contributed by atoms with Gasteiger partial charge in [-0.15, -0.1) is 0 Å². The van der Waals surface area contributed by atoms with Gasteiger partial charge in [0, 0.05) is 13.1 Å². The monoisotopic (exact) mass is 228 g/mol. The number of carbonyl (C=O) groups excluding carboxylic acids is 1. The maximum absolute atomic E-state index is 11.4. The number of nitrogens with one attached hydrogen (secondary N) is 1. The Morgan fingerprint density at radius 1 is 1.31 bits per heavy atom. The normalized spacial score (nSPS) is 17.7. The number of rotatable bonds is 5. The van der Waals surface area contributed by atoms with E-state index in [9.17, 15) is 4.79 Å². The Hall–Kier alpha value is -0.610. The van der Waals surface area contributed by atoms with Gasteiger partial charge in [-0.3, -0.25) is 4.79 Å². The van der Waals surface area contributed by atoms with Crippen LogP contribution < -0.4 is 5.32 Å². The van der Waals surface area contributed by atoms with Crippen molar-refractivity contribution < 1.29 is 9.53 Å². The van der Waals surface area contributed by atoms with Gasteiger partial charge in [-0.2, -0.15) is 0 Å². The molecule has 1 N–H and O–H groups in total. The van der Waals surface area contributed by atoms with Crippen LogP contribution in [0.2, 0.25) is 0 Å². The van der Waals surface area contributed by atoms with Gasteiger partial charge >= 0.3 is 0 Å². The summed E-state index contributed by atoms with van der Waals surface area (Å²) in [5.74, 6) is -0.0193. The lowest BCUT2D eigenvalue weighted by Crippen LogP contribution is -2.37. The lowest BCUT2D eigenvalue weighted by atomic mass is 10.2. The van der Waals surface area contributed by atoms with E-state index in [2.05, 4.69) is 10.2 Å². The number of amides is 1. The Morgan fingerprint density at radius 2 is 1.94 bits per heavy atom. The fraction of sp³-hybridized carbons (Fsp3) is 0.917. The van der Waals surface area contributed by atoms with Gasteiger partial charge in [-0.25, -0.2) is 0 Å². The molecule has 0 atom stereocenters. The molecule has 1 amide bonds. The van der Waals surface area contributed by atoms with Gasteiger partial charge in [-0.1, -0.05) is 0 Å². The van der Waals surface area contributed by atoms with Crippen LogP contribution in [0.5, 0.6) is 0 Å². The minimum atomic E-state index is -0.244. The minimum Gasteiger partial charge on any atom is -0.366 e. The topological polar surface area (TPSA) is 41.6 Å². The van der Waals surface area contributed by atoms with Crippen LogP contribution in [-0.4, -0.2) is 49.2 Å². The van der Waals surface area contributed by atoms with Crippen LogP contribution in [0, 0.1) is 0 Å². The van der Waals surface area contributed by atoms with Crippen LogP contribution >= 0.6 is 0 Å². The zero-order chi connectivity index (χ0) is 12.0. The zero-order valence-electron chi connectivity index (χ0n) is 10.7. The van der Waals surface area contributed by atoms with Gasteiger partial charge in [0.05, 0.1) is 5.60 Å². The van der Waals surface area contributed by atoms with Gasteiger partial charge in [-0.05, 0) is 46.7 Å². The van der Waals surface area contributed by atoms with Crippen molar-refractivity contribution in [1.29, 1.82) is 0 Å². The summed E-state index contributed by atoms with van der Waals surface area (Å²) in [5.41, 5.74) is -0.244. The number of carbonyl (C=O) groups is 1. The molecule has 0 spiro atoms. The van der Waals surface area contributed by atoms with Crippen LogP contribution in [0.1, 0.15) is 33.6 Å². The zero-order valence-corrected chi connectivity index (χ0v) is 10.7. The highest BCUT2D eigenvalue weighted by Crippen LogP contribution is 2.06. The second-order valence-corrected chi connectivity index (χ2v) is 5.30. The summed E-state index contributed by atoms with van der Waals surface area (Å²) in [6.45, 7) is 10.0. The number of likely N-dealkylation sites (tertiary alicyclic amines) is 1. The molecule has 4 heteroatoms. The Balaban J connectivity index is 2.01. The van der Waals surface area contributed by atoms with E-state index in [1.807, 2.05) is 20.8 Å². The smallest absolute Gasteiger partial charge is 0.246 e. The standard InChI is InChI=1S/C12H24N2O2/c1-12(2,3)16-10-11(15)13-6-9-14-7-4-5-8-14/h4-10H2,1-3H3,(H,13,15). The van der Waals surface area contributed by atoms with E-state index in [0.717, 1.165) is 13.1 Å². The summed E-state index contributed by atoms with van der Waals surface area (Å²) in [6.07, 6.45) is 2.59. The molecule has 1 aliphatic rings. The molecule has 0 aromatic carbocycles. The van der Waals surface area contributed by atoms with Gasteiger partial charge in [0.1, 0.15) is 6.61 Å². The third-order valence-corrected chi connectivity index (χ3v) is 2.59. The highest BCUT2D eigenvalue weighted by atomic mass is 16.5. The first-order valence-electron chi connectivity index (χ1n) is 6.10. The molecule has 4 nitrogen and oxygen atoms in total. The van der Waals surface area contributed by atoms with Crippen LogP contribution in [0.25, 0.3) is 0 Å². The number of ether oxygens (including phenoxy) is 1. The van der Waals surface area contributed by atoms with E-state index < -0.39 is 0 Å². The Bertz CT molecular complexity index is 218. The van der Waals surface area contributed by atoms with Gasteiger partial charge < -0.3 is 15.0 Å². The average Bonchev–Trinajstić information content (AvgIpc) is 2.66. The van der Waals surface area contributed by atoms with E-state index in [-0.39, 0.29) is 18.1 Å². The molecule has 1 heterocycles. The summed E-state index contributed by atoms with van der Waals surface area (Å²) in [7, 11) is 0. The second kappa shape index (κ2) is 6.21. The molecule has 0 saturated carbocycles. The second-order valence-electron chi connectivity index (χ2n) is 5.30. The molecule has 0 bridgehead atoms. The molecule has 0 unspecified atom stereocenters. The van der Waals surface area contributed by atoms with Crippen molar-refractivity contribution >= 4 is 5.91 Å². The van der Waals surface area contributed by atoms with Crippen molar-refractivity contribution in [3.8, 4) is 0 Å². The first-order chi connectivity index (χ1) is 7.47. The average molecular weight is 228 g/mol. The summed E-state index contributed by atoms with van der Waals surface area (Å²) in [6, 6.07) is 0. The lowest BCUT2D eigenvalue weighted by Gasteiger charge is -2.19. The largest absolute Gasteiger partial charge is 0.366 e. The molecule has 94 valence electrons. The lowest BCUT2D eigenvalue weighted by molar-refractivity contribution is -0.130. The molecule has 1 saturated heterocycles. The van der Waals surface area contributed by atoms with Crippen molar-refractivity contribution in [2.24, 2.45) is 0 Å². The van der Waals surface area contributed by atoms with Gasteiger partial charge in [0.2, 0.25) is 5.91 Å². The van der Waals surface area contributed by atoms with Crippen LogP contribution in [0.3, 0.4) is 0 Å². The molecular weight excluding hydrogens is 204 g/mol. The molecule has 0 aromatic heterocycles. The molecule has 1 fully saturated rings. The van der Waals surface area contributed by atoms with E-state index in [0.29, 0.717) is 0 Å². The van der Waals surface area contributed by atoms with E-state index >= 15 is 0 Å². The Kier molecular flexibility index (Phi) is 5.22. The SMILES string of the molecule is CC(C)(C)OCC(=O)NCCN1CCCC1. The predicted molar refractivity (Wildman–Crippen MR) is 64.4 cm³/mol. The van der Waals surface area contributed by atoms with Crippen molar-refractivity contribution in [1.82, 2.24) is 10.2 Å². The molecular formula is C12H24N2O2. The molecule has 0 aliphatic carbocycles. The minimum absolute atomic E-state index is 0.0193. The maximum Gasteiger partial charge on any atom is 0.246 e. The fourth-order valence-corrected chi connectivity index (χ4v) is 1.69. The van der Waals surface area contributed by atoms with E-state index in [1.165, 1.54) is 25.9 Å². The van der Waals surface area contributed by atoms with Crippen LogP contribution in [0.4, 0.5) is 0 Å². The highest BCUT2D eigenvalue weighted by molar-refractivity contribution is 5.77. The fourth-order valence-electron chi connectivity index (χ4n) is 1.69. The molecule has 16 heavy (non-hydrogen) atoms. The number of nitrogens with zero attached hydrogens (tertiary/aromatic N) is 1. The highest BCUT2D eigenvalue weighted by Gasteiger charge is 2.13. The molecule has 1 aliphatic heterocycles. The number of hydrogen-bond donors (Lipinski definition) is 1. The summed E-state index contributed by atoms with van der Waals surface area (Å²) in [5, 5.41) is 2.88. The van der Waals surface area contributed by atoms with Gasteiger partial charge in [0.25, 0.3) is 0 Å². The summed E-state index contributed by atoms with van der Waals surface area (Å²) >= 11 is 0. The Labute approximate surface area is 98.3 Å². The van der Waals surface area contributed by atoms with Gasteiger partial charge in [0.15, 0.2) is 0 Å². The van der Waals surface area contributed by atoms with Crippen molar-refractivity contribution in [2.45, 2.75) is 39.2 Å². The van der Waals surface area contributed by atoms with Crippen molar-refractivity contribution in [2.75, 3.05) is 32.8 Å². The van der Waals surface area contributed by atoms with E-state index in [4.69, 9.17) is 4.74 Å². The maximum atomic E-state index is 11.4. The first-order valence-corrected chi connectivity index (χ1v) is 6.10. The quantitative estimate of drug-likeness (QED) is 0.763. The van der Waals surface area contributed by atoms with Crippen molar-refractivity contribution in [3.05, 3.63) is 0 Å². The third kappa shape index (κ3) is 6.08. The van der Waals surface area contributed by atoms with E-state index in [1.54, 1.807) is 0 Å². The third-order valence-electron chi connectivity index (χ3n) is 2.59. The summed E-state index contributed by atoms with van der Waals surface area (Å²) in [4.78, 5) is 13.8. The van der Waals surface area contributed by atoms with Crippen LogP contribution in [-0.2, 0) is 9.53 Å². The first kappa shape index (κ1) is 13.5. The molecule has 1 rings (SSSR count). The summed E-state index contributed by atoms with van der Waals surface area (Å²) < 4.78 is 5.39. The van der Waals surface area contributed by atoms with Crippen LogP contribution in [0.15, 0.2) is 0 Å². The van der Waals surface area contributed by atoms with Crippen molar-refractivity contribution in [3.63, 3.8) is 0 Å². The number of hydrogen-bond acceptors (Lipinski definition) is 3. The molecule has 0 aromatic rings.